The Bertz CT molecular complexity index is 1510. The second-order valence-corrected chi connectivity index (χ2v) is 12.9. The molecule has 0 saturated heterocycles. The Balaban J connectivity index is 1.50. The summed E-state index contributed by atoms with van der Waals surface area (Å²) >= 11 is 13.4. The number of nitrogens with zero attached hydrogens (tertiary/aromatic N) is 1. The van der Waals surface area contributed by atoms with E-state index in [1.807, 2.05) is 24.3 Å². The number of rotatable bonds is 6. The second kappa shape index (κ2) is 11.6. The number of hydrogen-bond acceptors (Lipinski definition) is 5. The number of benzene rings is 3. The van der Waals surface area contributed by atoms with E-state index in [0.717, 1.165) is 10.5 Å². The Labute approximate surface area is 259 Å². The lowest BCUT2D eigenvalue weighted by molar-refractivity contribution is -0.134. The zero-order valence-electron chi connectivity index (χ0n) is 21.0. The monoisotopic (exact) mass is 779 g/mol. The van der Waals surface area contributed by atoms with Crippen molar-refractivity contribution >= 4 is 93.4 Å². The molecule has 0 N–H and O–H groups in total. The van der Waals surface area contributed by atoms with Crippen LogP contribution in [-0.4, -0.2) is 35.0 Å². The van der Waals surface area contributed by atoms with Gasteiger partial charge in [-0.05, 0) is 98.5 Å². The van der Waals surface area contributed by atoms with Crippen LogP contribution in [-0.2, 0) is 10.2 Å². The number of para-hydroxylation sites is 1. The van der Waals surface area contributed by atoms with Crippen LogP contribution in [0.15, 0.2) is 72.5 Å². The van der Waals surface area contributed by atoms with Gasteiger partial charge in [0.15, 0.2) is 5.78 Å². The van der Waals surface area contributed by atoms with Crippen LogP contribution in [0.5, 0.6) is 5.75 Å². The van der Waals surface area contributed by atoms with Gasteiger partial charge in [-0.2, -0.15) is 0 Å². The number of imide groups is 1. The average Bonchev–Trinajstić information content (AvgIpc) is 3.14. The zero-order chi connectivity index (χ0) is 28.6. The van der Waals surface area contributed by atoms with Crippen molar-refractivity contribution in [1.82, 2.24) is 4.90 Å². The van der Waals surface area contributed by atoms with Gasteiger partial charge in [-0.15, -0.1) is 0 Å². The van der Waals surface area contributed by atoms with Crippen molar-refractivity contribution < 1.29 is 23.9 Å². The van der Waals surface area contributed by atoms with Crippen LogP contribution < -0.4 is 4.74 Å². The maximum Gasteiger partial charge on any atom is 0.331 e. The molecule has 0 atom stereocenters. The van der Waals surface area contributed by atoms with E-state index >= 15 is 0 Å². The van der Waals surface area contributed by atoms with Crippen LogP contribution in [0.1, 0.15) is 63.0 Å². The number of hydrogen-bond donors (Lipinski definition) is 0. The number of halogens is 4. The molecule has 1 aliphatic heterocycles. The lowest BCUT2D eigenvalue weighted by Gasteiger charge is -2.18. The minimum atomic E-state index is -0.864. The van der Waals surface area contributed by atoms with Gasteiger partial charge in [0.05, 0.1) is 16.7 Å². The highest BCUT2D eigenvalue weighted by atomic mass is 79.9. The molecule has 1 heterocycles. The highest BCUT2D eigenvalue weighted by molar-refractivity contribution is 9.15. The quantitative estimate of drug-likeness (QED) is 0.0480. The second-order valence-electron chi connectivity index (χ2n) is 9.74. The highest BCUT2D eigenvalue weighted by Crippen LogP contribution is 2.45. The van der Waals surface area contributed by atoms with E-state index in [1.165, 1.54) is 17.7 Å². The molecule has 0 unspecified atom stereocenters. The Morgan fingerprint density at radius 3 is 1.90 bits per heavy atom. The van der Waals surface area contributed by atoms with Crippen molar-refractivity contribution in [2.24, 2.45) is 0 Å². The van der Waals surface area contributed by atoms with Crippen molar-refractivity contribution in [3.63, 3.8) is 0 Å². The molecule has 2 amide bonds. The van der Waals surface area contributed by atoms with Gasteiger partial charge in [-0.25, -0.2) is 4.79 Å². The van der Waals surface area contributed by atoms with Gasteiger partial charge in [0.1, 0.15) is 12.3 Å². The van der Waals surface area contributed by atoms with Crippen LogP contribution >= 0.6 is 63.7 Å². The molecule has 0 spiro atoms. The summed E-state index contributed by atoms with van der Waals surface area (Å²) in [6.45, 7) is 5.76. The van der Waals surface area contributed by atoms with Crippen LogP contribution in [0.2, 0.25) is 0 Å². The molecule has 39 heavy (non-hydrogen) atoms. The molecule has 200 valence electrons. The first-order valence-electron chi connectivity index (χ1n) is 11.7. The Hall–Kier alpha value is -2.40. The predicted octanol–water partition coefficient (Wildman–Crippen LogP) is 8.13. The maximum absolute atomic E-state index is 13.0. The predicted molar refractivity (Wildman–Crippen MR) is 163 cm³/mol. The highest BCUT2D eigenvalue weighted by Gasteiger charge is 2.42. The summed E-state index contributed by atoms with van der Waals surface area (Å²) in [6.07, 6.45) is 3.10. The van der Waals surface area contributed by atoms with Gasteiger partial charge < -0.3 is 4.74 Å². The van der Waals surface area contributed by atoms with Gasteiger partial charge in [0.25, 0.3) is 11.8 Å². The maximum atomic E-state index is 13.0. The van der Waals surface area contributed by atoms with Gasteiger partial charge in [0.2, 0.25) is 0 Å². The molecule has 1 aliphatic rings. The van der Waals surface area contributed by atoms with E-state index in [1.54, 1.807) is 24.3 Å². The first-order chi connectivity index (χ1) is 18.3. The summed E-state index contributed by atoms with van der Waals surface area (Å²) in [5.41, 5.74) is 2.49. The number of ketones is 1. The number of allylic oxidation sites excluding steroid dienone is 1. The summed E-state index contributed by atoms with van der Waals surface area (Å²) in [6, 6.07) is 14.2. The molecule has 4 rings (SSSR count). The Morgan fingerprint density at radius 1 is 0.821 bits per heavy atom. The molecule has 0 saturated carbocycles. The van der Waals surface area contributed by atoms with Crippen LogP contribution in [0.25, 0.3) is 6.08 Å². The number of ether oxygens (including phenoxy) is 1. The van der Waals surface area contributed by atoms with E-state index in [0.29, 0.717) is 17.9 Å². The average molecular weight is 783 g/mol. The molecule has 0 aliphatic carbocycles. The van der Waals surface area contributed by atoms with Gasteiger partial charge in [-0.3, -0.25) is 19.3 Å². The lowest BCUT2D eigenvalue weighted by Crippen LogP contribution is -2.36. The molecule has 6 nitrogen and oxygen atoms in total. The normalized spacial score (nSPS) is 13.3. The Kier molecular flexibility index (Phi) is 8.80. The summed E-state index contributed by atoms with van der Waals surface area (Å²) < 4.78 is 7.32. The van der Waals surface area contributed by atoms with E-state index in [-0.39, 0.29) is 33.6 Å². The van der Waals surface area contributed by atoms with E-state index in [2.05, 4.69) is 84.5 Å². The van der Waals surface area contributed by atoms with E-state index < -0.39 is 24.3 Å². The Morgan fingerprint density at radius 2 is 1.36 bits per heavy atom. The molecule has 3 aromatic carbocycles. The molecule has 10 heteroatoms. The SMILES string of the molecule is CC(C)(C)c1ccc(/C=C/C(=O)c2ccccc2OC(=O)CN2C(=O)c3c(Br)c(Br)c(Br)c(Br)c3C2=O)cc1. The number of carbonyl (C=O) groups excluding carboxylic acids is 4. The summed E-state index contributed by atoms with van der Waals surface area (Å²) in [5.74, 6) is -2.47. The summed E-state index contributed by atoms with van der Waals surface area (Å²) in [5, 5.41) is 0. The van der Waals surface area contributed by atoms with Crippen molar-refractivity contribution in [2.75, 3.05) is 6.54 Å². The summed E-state index contributed by atoms with van der Waals surface area (Å²) in [4.78, 5) is 52.7. The van der Waals surface area contributed by atoms with Crippen molar-refractivity contribution in [1.29, 1.82) is 0 Å². The van der Waals surface area contributed by atoms with Gasteiger partial charge >= 0.3 is 5.97 Å². The minimum absolute atomic E-state index is 0.0225. The lowest BCUT2D eigenvalue weighted by atomic mass is 9.87. The molecule has 0 bridgehead atoms. The number of amides is 2. The molecular weight excluding hydrogens is 762 g/mol. The third kappa shape index (κ3) is 6.04. The topological polar surface area (TPSA) is 80.8 Å². The number of carbonyl (C=O) groups is 4. The van der Waals surface area contributed by atoms with Crippen LogP contribution in [0.4, 0.5) is 0 Å². The first kappa shape index (κ1) is 29.6. The molecule has 0 fully saturated rings. The van der Waals surface area contributed by atoms with E-state index in [9.17, 15) is 19.2 Å². The standard InChI is InChI=1S/C29H21Br4NO5/c1-29(2,3)16-11-8-15(9-12-16)10-13-18(35)17-6-4-5-7-19(17)39-20(36)14-34-27(37)21-22(28(34)38)24(31)26(33)25(32)23(21)30/h4-13H,14H2,1-3H3/b13-10+. The molecule has 0 aromatic heterocycles. The molecular formula is C29H21Br4NO5. The van der Waals surface area contributed by atoms with Crippen LogP contribution in [0.3, 0.4) is 0 Å². The number of fused-ring (bicyclic) bond motifs is 1. The van der Waals surface area contributed by atoms with Crippen LogP contribution in [0, 0.1) is 0 Å². The fraction of sp³-hybridized carbons (Fsp3) is 0.172. The fourth-order valence-electron chi connectivity index (χ4n) is 3.94. The van der Waals surface area contributed by atoms with E-state index in [4.69, 9.17) is 4.74 Å². The first-order valence-corrected chi connectivity index (χ1v) is 14.8. The number of esters is 1. The third-order valence-corrected chi connectivity index (χ3v) is 10.8. The summed E-state index contributed by atoms with van der Waals surface area (Å²) in [7, 11) is 0. The molecule has 0 radical (unpaired) electrons. The minimum Gasteiger partial charge on any atom is -0.424 e. The smallest absolute Gasteiger partial charge is 0.331 e. The fourth-order valence-corrected chi connectivity index (χ4v) is 6.40. The van der Waals surface area contributed by atoms with Crippen molar-refractivity contribution in [2.45, 2.75) is 26.2 Å². The zero-order valence-corrected chi connectivity index (χ0v) is 27.3. The van der Waals surface area contributed by atoms with Gasteiger partial charge in [0, 0.05) is 17.9 Å². The van der Waals surface area contributed by atoms with Crippen molar-refractivity contribution in [3.05, 3.63) is 100 Å². The third-order valence-electron chi connectivity index (χ3n) is 6.05. The largest absolute Gasteiger partial charge is 0.424 e. The van der Waals surface area contributed by atoms with Crippen molar-refractivity contribution in [3.8, 4) is 5.75 Å². The van der Waals surface area contributed by atoms with Gasteiger partial charge in [-0.1, -0.05) is 63.2 Å². The molecule has 3 aromatic rings.